The van der Waals surface area contributed by atoms with Crippen molar-refractivity contribution in [1.29, 1.82) is 0 Å². The lowest BCUT2D eigenvalue weighted by Crippen LogP contribution is -2.26. The molecule has 5 atom stereocenters. The van der Waals surface area contributed by atoms with Crippen molar-refractivity contribution in [3.05, 3.63) is 413 Å². The summed E-state index contributed by atoms with van der Waals surface area (Å²) in [6.07, 6.45) is 10.8. The second-order valence-electron chi connectivity index (χ2n) is 33.5. The van der Waals surface area contributed by atoms with Crippen LogP contribution in [0.4, 0.5) is 28.4 Å². The molecular weight excluding hydrogens is 1810 g/mol. The maximum absolute atomic E-state index is 13.2. The minimum absolute atomic E-state index is 0.170. The molecule has 10 aromatic carbocycles. The Balaban J connectivity index is 0.000000121. The van der Waals surface area contributed by atoms with E-state index in [1.807, 2.05) is 246 Å². The fourth-order valence-electron chi connectivity index (χ4n) is 17.5. The number of sulfonamides is 5. The fourth-order valence-corrected chi connectivity index (χ4v) is 26.6. The zero-order chi connectivity index (χ0) is 93.7. The van der Waals surface area contributed by atoms with E-state index in [4.69, 9.17) is 13.3 Å². The molecule has 5 aliphatic rings. The Bertz CT molecular complexity index is 6680. The van der Waals surface area contributed by atoms with E-state index in [9.17, 15) is 42.1 Å². The van der Waals surface area contributed by atoms with Crippen molar-refractivity contribution in [3.63, 3.8) is 0 Å². The highest BCUT2D eigenvalue weighted by Gasteiger charge is 2.41. The molecule has 15 aromatic rings. The Labute approximate surface area is 788 Å². The highest BCUT2D eigenvalue weighted by molar-refractivity contribution is 7.94. The molecule has 0 fully saturated rings. The molecule has 5 N–H and O–H groups in total. The largest absolute Gasteiger partial charge is 0.472 e. The van der Waals surface area contributed by atoms with E-state index in [-0.39, 0.29) is 30.2 Å². The van der Waals surface area contributed by atoms with E-state index in [0.717, 1.165) is 132 Å². The minimum atomic E-state index is -3.62. The molecule has 5 unspecified atom stereocenters. The van der Waals surface area contributed by atoms with Crippen LogP contribution < -0.4 is 48.1 Å². The number of fused-ring (bicyclic) bond motifs is 10. The van der Waals surface area contributed by atoms with Gasteiger partial charge < -0.3 is 39.8 Å². The molecule has 5 aromatic heterocycles. The zero-order valence-electron chi connectivity index (χ0n) is 75.3. The van der Waals surface area contributed by atoms with Gasteiger partial charge in [-0.25, -0.2) is 42.1 Å². The topological polar surface area (TPSA) is 286 Å². The molecule has 20 rings (SSSR count). The van der Waals surface area contributed by atoms with E-state index in [1.54, 1.807) is 120 Å². The van der Waals surface area contributed by atoms with Gasteiger partial charge in [0.2, 0.25) is 0 Å². The van der Waals surface area contributed by atoms with Gasteiger partial charge in [0, 0.05) is 84.8 Å². The SMILES string of the molecule is Cc1ccc2c(c1)S(=O)(=O)N(C)c1ccccc1C2NCCc1ccco1.Cc1ccc2c(c1)S(=O)(=O)N(C)c1ccccc1C2NCCc1cccs1.Cc1ccc2c(c1)S(=O)(=O)N(C)c1ccccc1C2NCCc1ccoc1.Cc1ccc2c(c1)S(=O)(=O)N(C)c1ccccc1C2NCc1ccoc1.Cc1ccc2c(c1)S(=O)(=O)N(C)c1ccccc1C2NCc1ccsc1. The molecule has 0 aliphatic carbocycles. The monoisotopic (exact) mass is 1910 g/mol. The lowest BCUT2D eigenvalue weighted by molar-refractivity contribution is 0.490. The van der Waals surface area contributed by atoms with E-state index in [2.05, 4.69) is 55.5 Å². The van der Waals surface area contributed by atoms with Gasteiger partial charge in [-0.1, -0.05) is 158 Å². The van der Waals surface area contributed by atoms with Crippen LogP contribution in [-0.2, 0) is 82.5 Å². The molecule has 30 heteroatoms. The Hall–Kier alpha value is -12.0. The summed E-state index contributed by atoms with van der Waals surface area (Å²) in [5, 5.41) is 24.0. The molecule has 688 valence electrons. The first-order valence-electron chi connectivity index (χ1n) is 43.6. The summed E-state index contributed by atoms with van der Waals surface area (Å²) in [7, 11) is -9.96. The summed E-state index contributed by atoms with van der Waals surface area (Å²) < 4.78 is 155. The van der Waals surface area contributed by atoms with Gasteiger partial charge in [-0.05, 0) is 255 Å². The van der Waals surface area contributed by atoms with Crippen LogP contribution >= 0.6 is 22.7 Å². The van der Waals surface area contributed by atoms with Gasteiger partial charge in [-0.3, -0.25) is 21.5 Å². The van der Waals surface area contributed by atoms with E-state index < -0.39 is 50.1 Å². The van der Waals surface area contributed by atoms with Crippen LogP contribution in [0.1, 0.15) is 141 Å². The molecule has 0 saturated heterocycles. The standard InChI is InChI=1S/2C21H22N2O3S.C21H22N2O2S2.C20H20N2O3S.C20H20N2O2S2/c1-15-9-10-18-20(14-15)27(24,25)23(2)19-8-4-3-7-17(19)21(18)22-12-11-16-6-5-13-26-16;1-15-7-8-18-20(13-15)27(24,25)23(2)19-6-4-3-5-17(19)21(18)22-11-9-16-10-12-26-14-16;1-15-9-10-18-20(14-15)27(24,25)23(2)19-8-4-3-7-17(19)21(18)22-12-11-16-6-5-13-26-16;2*1-14-7-8-17-19(11-14)26(23,24)22(2)18-6-4-3-5-16(18)20(17)21-12-15-9-10-25-13-15/h3-10,13-14,21-22H,11-12H2,1-2H3;3-8,10,12-14,21-22H,9,11H2,1-2H3;3-10,13-14,21-22H,11-12H2,1-2H3;2*3-11,13,20-21H,12H2,1-2H3. The maximum Gasteiger partial charge on any atom is 0.264 e. The Morgan fingerprint density at radius 3 is 0.910 bits per heavy atom. The first-order valence-corrected chi connectivity index (χ1v) is 52.6. The van der Waals surface area contributed by atoms with Crippen molar-refractivity contribution in [2.24, 2.45) is 0 Å². The molecule has 0 spiro atoms. The molecule has 0 radical (unpaired) electrons. The molecule has 133 heavy (non-hydrogen) atoms. The van der Waals surface area contributed by atoms with Gasteiger partial charge in [0.15, 0.2) is 0 Å². The number of nitrogens with one attached hydrogen (secondary N) is 5. The third kappa shape index (κ3) is 19.7. The Morgan fingerprint density at radius 2 is 0.609 bits per heavy atom. The first kappa shape index (κ1) is 94.2. The van der Waals surface area contributed by atoms with Crippen LogP contribution in [0.5, 0.6) is 0 Å². The molecule has 0 amide bonds. The van der Waals surface area contributed by atoms with Gasteiger partial charge >= 0.3 is 0 Å². The molecule has 10 heterocycles. The number of hydrogen-bond donors (Lipinski definition) is 5. The molecule has 0 bridgehead atoms. The smallest absolute Gasteiger partial charge is 0.264 e. The third-order valence-corrected chi connectivity index (χ3v) is 35.5. The molecule has 23 nitrogen and oxygen atoms in total. The number of nitrogens with zero attached hydrogens (tertiary/aromatic N) is 5. The number of anilines is 5. The van der Waals surface area contributed by atoms with Crippen molar-refractivity contribution < 1.29 is 55.3 Å². The van der Waals surface area contributed by atoms with Crippen molar-refractivity contribution in [2.45, 2.75) is 122 Å². The van der Waals surface area contributed by atoms with Crippen molar-refractivity contribution in [3.8, 4) is 0 Å². The summed E-state index contributed by atoms with van der Waals surface area (Å²) in [6.45, 7) is 13.0. The molecule has 5 aliphatic heterocycles. The lowest BCUT2D eigenvalue weighted by atomic mass is 9.96. The highest BCUT2D eigenvalue weighted by atomic mass is 32.2. The summed E-state index contributed by atoms with van der Waals surface area (Å²) >= 11 is 3.40. The summed E-state index contributed by atoms with van der Waals surface area (Å²) in [5.41, 5.74) is 20.2. The summed E-state index contributed by atoms with van der Waals surface area (Å²) in [5.74, 6) is 0.901. The van der Waals surface area contributed by atoms with Crippen LogP contribution in [-0.4, -0.2) is 97.0 Å². The second kappa shape index (κ2) is 40.0. The normalized spacial score (nSPS) is 17.9. The van der Waals surface area contributed by atoms with E-state index in [0.29, 0.717) is 73.4 Å². The fraction of sp³-hybridized carbons (Fsp3) is 0.223. The number of hydrogen-bond acceptors (Lipinski definition) is 20. The number of aryl methyl sites for hydroxylation is 5. The van der Waals surface area contributed by atoms with Crippen molar-refractivity contribution >= 4 is 101 Å². The number of benzene rings is 10. The van der Waals surface area contributed by atoms with Crippen LogP contribution in [0.25, 0.3) is 0 Å². The van der Waals surface area contributed by atoms with Crippen LogP contribution in [0.3, 0.4) is 0 Å². The third-order valence-electron chi connectivity index (χ3n) is 24.7. The second-order valence-corrected chi connectivity index (χ2v) is 45.0. The minimum Gasteiger partial charge on any atom is -0.472 e. The van der Waals surface area contributed by atoms with Crippen LogP contribution in [0.15, 0.2) is 340 Å². The number of rotatable bonds is 18. The first-order chi connectivity index (χ1) is 63.9. The predicted octanol–water partition coefficient (Wildman–Crippen LogP) is 19.1. The van der Waals surface area contributed by atoms with E-state index in [1.165, 1.54) is 32.0 Å². The quantitative estimate of drug-likeness (QED) is 0.0533. The van der Waals surface area contributed by atoms with Crippen molar-refractivity contribution in [2.75, 3.05) is 76.4 Å². The van der Waals surface area contributed by atoms with Crippen molar-refractivity contribution in [1.82, 2.24) is 26.6 Å². The van der Waals surface area contributed by atoms with Crippen LogP contribution in [0, 0.1) is 34.6 Å². The maximum atomic E-state index is 13.2. The lowest BCUT2D eigenvalue weighted by Gasteiger charge is -2.22. The van der Waals surface area contributed by atoms with Crippen LogP contribution in [0.2, 0.25) is 0 Å². The summed E-state index contributed by atoms with van der Waals surface area (Å²) in [4.78, 5) is 3.15. The molecular formula is C103H106N10O13S7. The average molecular weight is 1920 g/mol. The van der Waals surface area contributed by atoms with Gasteiger partial charge in [-0.2, -0.15) is 11.3 Å². The highest BCUT2D eigenvalue weighted by Crippen LogP contribution is 2.47. The van der Waals surface area contributed by atoms with E-state index >= 15 is 0 Å². The number of para-hydroxylation sites is 5. The van der Waals surface area contributed by atoms with Gasteiger partial charge in [-0.15, -0.1) is 11.3 Å². The number of furan rings is 3. The Kier molecular flexibility index (Phi) is 28.4. The average Bonchev–Trinajstić information content (AvgIpc) is 1.63. The summed E-state index contributed by atoms with van der Waals surface area (Å²) in [6, 6.07) is 79.6. The van der Waals surface area contributed by atoms with Gasteiger partial charge in [0.25, 0.3) is 50.1 Å². The Morgan fingerprint density at radius 1 is 0.293 bits per heavy atom. The molecule has 0 saturated carbocycles. The van der Waals surface area contributed by atoms with Gasteiger partial charge in [0.1, 0.15) is 5.76 Å². The zero-order valence-corrected chi connectivity index (χ0v) is 81.0. The number of thiophene rings is 2. The van der Waals surface area contributed by atoms with Gasteiger partial charge in [0.05, 0.1) is 114 Å². The predicted molar refractivity (Wildman–Crippen MR) is 529 cm³/mol.